The Bertz CT molecular complexity index is 1370. The van der Waals surface area contributed by atoms with E-state index < -0.39 is 39.1 Å². The number of nitrogens with one attached hydrogen (secondary N) is 1. The van der Waals surface area contributed by atoms with E-state index in [2.05, 4.69) is 24.9 Å². The first-order valence-corrected chi connectivity index (χ1v) is 13.1. The summed E-state index contributed by atoms with van der Waals surface area (Å²) in [5.74, 6) is -1.97. The average Bonchev–Trinajstić information content (AvgIpc) is 3.18. The van der Waals surface area contributed by atoms with Gasteiger partial charge in [0, 0.05) is 25.6 Å². The number of aromatic nitrogens is 5. The summed E-state index contributed by atoms with van der Waals surface area (Å²) in [6.07, 6.45) is 1.87. The Labute approximate surface area is 213 Å². The van der Waals surface area contributed by atoms with Crippen LogP contribution in [0.25, 0.3) is 11.4 Å². The summed E-state index contributed by atoms with van der Waals surface area (Å²) in [6.45, 7) is 6.91. The van der Waals surface area contributed by atoms with Gasteiger partial charge in [0.2, 0.25) is 16.0 Å². The Morgan fingerprint density at radius 1 is 1.16 bits per heavy atom. The number of halogens is 2. The summed E-state index contributed by atoms with van der Waals surface area (Å²) in [7, 11) is -2.70. The van der Waals surface area contributed by atoms with Gasteiger partial charge in [-0.15, -0.1) is 10.2 Å². The maximum atomic E-state index is 14.1. The molecule has 0 saturated carbocycles. The van der Waals surface area contributed by atoms with Gasteiger partial charge in [-0.3, -0.25) is 9.29 Å². The van der Waals surface area contributed by atoms with E-state index in [1.165, 1.54) is 18.6 Å². The fraction of sp³-hybridized carbons (Fsp3) is 0.478. The highest BCUT2D eigenvalue weighted by molar-refractivity contribution is 7.93. The van der Waals surface area contributed by atoms with Gasteiger partial charge in [0.25, 0.3) is 0 Å². The highest BCUT2D eigenvalue weighted by Crippen LogP contribution is 2.38. The van der Waals surface area contributed by atoms with E-state index in [1.807, 2.05) is 6.92 Å². The minimum atomic E-state index is -4.16. The molecule has 0 spiro atoms. The first-order chi connectivity index (χ1) is 17.5. The number of ether oxygens (including phenoxy) is 3. The molecule has 3 aromatic rings. The zero-order chi connectivity index (χ0) is 26.9. The van der Waals surface area contributed by atoms with E-state index in [0.717, 1.165) is 17.7 Å². The summed E-state index contributed by atoms with van der Waals surface area (Å²) >= 11 is 0. The molecule has 3 heterocycles. The lowest BCUT2D eigenvalue weighted by molar-refractivity contribution is 0.00152. The second-order valence-electron chi connectivity index (χ2n) is 8.98. The molecule has 1 N–H and O–H groups in total. The number of rotatable bonds is 9. The summed E-state index contributed by atoms with van der Waals surface area (Å²) in [5.41, 5.74) is 0.937. The van der Waals surface area contributed by atoms with Crippen LogP contribution >= 0.6 is 0 Å². The van der Waals surface area contributed by atoms with E-state index in [1.54, 1.807) is 26.2 Å². The molecule has 2 aromatic heterocycles. The molecule has 0 saturated heterocycles. The zero-order valence-corrected chi connectivity index (χ0v) is 21.8. The lowest BCUT2D eigenvalue weighted by Gasteiger charge is -2.26. The topological polar surface area (TPSA) is 130 Å². The minimum Gasteiger partial charge on any atom is -0.490 e. The van der Waals surface area contributed by atoms with Gasteiger partial charge in [0.15, 0.2) is 23.3 Å². The van der Waals surface area contributed by atoms with Gasteiger partial charge in [0.05, 0.1) is 24.3 Å². The number of hydrogen-bond acceptors (Lipinski definition) is 9. The van der Waals surface area contributed by atoms with Crippen molar-refractivity contribution in [2.24, 2.45) is 0 Å². The van der Waals surface area contributed by atoms with Crippen molar-refractivity contribution in [2.45, 2.75) is 51.2 Å². The van der Waals surface area contributed by atoms with Crippen molar-refractivity contribution in [3.8, 4) is 17.1 Å². The van der Waals surface area contributed by atoms with Crippen molar-refractivity contribution in [1.82, 2.24) is 24.7 Å². The highest BCUT2D eigenvalue weighted by Gasteiger charge is 2.37. The number of hydrogen-bond donors (Lipinski definition) is 1. The maximum absolute atomic E-state index is 14.1. The molecule has 1 aliphatic heterocycles. The monoisotopic (exact) mass is 538 g/mol. The molecule has 14 heteroatoms. The molecule has 37 heavy (non-hydrogen) atoms. The van der Waals surface area contributed by atoms with E-state index in [9.17, 15) is 17.2 Å². The largest absolute Gasteiger partial charge is 0.490 e. The van der Waals surface area contributed by atoms with Gasteiger partial charge in [-0.2, -0.15) is 0 Å². The second-order valence-corrected chi connectivity index (χ2v) is 11.0. The Morgan fingerprint density at radius 3 is 2.49 bits per heavy atom. The van der Waals surface area contributed by atoms with Gasteiger partial charge in [0.1, 0.15) is 23.7 Å². The van der Waals surface area contributed by atoms with Crippen LogP contribution in [0.2, 0.25) is 0 Å². The number of sulfonamides is 1. The van der Waals surface area contributed by atoms with Gasteiger partial charge in [-0.1, -0.05) is 0 Å². The molecule has 0 unspecified atom stereocenters. The lowest BCUT2D eigenvalue weighted by Crippen LogP contribution is -2.35. The number of fused-ring (bicyclic) bond motifs is 3. The van der Waals surface area contributed by atoms with Crippen LogP contribution in [0.4, 0.5) is 14.7 Å². The fourth-order valence-electron chi connectivity index (χ4n) is 3.90. The molecule has 3 atom stereocenters. The first-order valence-electron chi connectivity index (χ1n) is 11.5. The molecule has 0 radical (unpaired) electrons. The molecular formula is C23H28F2N6O5S. The standard InChI is InChI=1S/C23H28F2N6O5S/c1-12(2)36-20(21-26-8-13(3)9-27-21)14(4)37(32,33)30-23-29-28-22-16-6-17(24)18(25)7-19(16)35-11-15(10-34-5)31(22)23/h6-9,12,14-15,20H,10-11H2,1-5H3,(H,29,30)/t14-,15+,20+/m0/s1. The Kier molecular flexibility index (Phi) is 7.71. The third-order valence-electron chi connectivity index (χ3n) is 5.74. The fourth-order valence-corrected chi connectivity index (χ4v) is 4.99. The molecule has 1 aliphatic rings. The summed E-state index contributed by atoms with van der Waals surface area (Å²) in [4.78, 5) is 8.52. The van der Waals surface area contributed by atoms with Gasteiger partial charge in [-0.05, 0) is 39.3 Å². The van der Waals surface area contributed by atoms with Gasteiger partial charge in [-0.25, -0.2) is 27.2 Å². The van der Waals surface area contributed by atoms with Crippen molar-refractivity contribution < 1.29 is 31.4 Å². The Balaban J connectivity index is 1.73. The molecule has 4 rings (SSSR count). The highest BCUT2D eigenvalue weighted by atomic mass is 32.2. The smallest absolute Gasteiger partial charge is 0.240 e. The van der Waals surface area contributed by atoms with E-state index >= 15 is 0 Å². The van der Waals surface area contributed by atoms with Gasteiger partial charge < -0.3 is 14.2 Å². The number of anilines is 1. The third kappa shape index (κ3) is 5.55. The number of methoxy groups -OCH3 is 1. The van der Waals surface area contributed by atoms with Crippen LogP contribution in [-0.2, 0) is 19.5 Å². The van der Waals surface area contributed by atoms with Crippen LogP contribution in [0.15, 0.2) is 24.5 Å². The molecule has 0 bridgehead atoms. The van der Waals surface area contributed by atoms with Crippen molar-refractivity contribution in [3.63, 3.8) is 0 Å². The minimum absolute atomic E-state index is 0.0302. The normalized spacial score (nSPS) is 16.9. The second kappa shape index (κ2) is 10.6. The van der Waals surface area contributed by atoms with Crippen LogP contribution in [-0.4, -0.2) is 64.8 Å². The quantitative estimate of drug-likeness (QED) is 0.436. The van der Waals surface area contributed by atoms with Gasteiger partial charge >= 0.3 is 0 Å². The van der Waals surface area contributed by atoms with Crippen molar-refractivity contribution in [2.75, 3.05) is 25.0 Å². The number of nitrogens with zero attached hydrogens (tertiary/aromatic N) is 5. The van der Waals surface area contributed by atoms with Crippen LogP contribution in [0, 0.1) is 18.6 Å². The summed E-state index contributed by atoms with van der Waals surface area (Å²) in [6, 6.07) is 1.24. The zero-order valence-electron chi connectivity index (χ0n) is 21.0. The molecule has 0 amide bonds. The van der Waals surface area contributed by atoms with Crippen molar-refractivity contribution in [3.05, 3.63) is 47.5 Å². The number of aryl methyl sites for hydroxylation is 1. The predicted octanol–water partition coefficient (Wildman–Crippen LogP) is 3.20. The molecule has 0 fully saturated rings. The van der Waals surface area contributed by atoms with Crippen LogP contribution < -0.4 is 9.46 Å². The van der Waals surface area contributed by atoms with E-state index in [4.69, 9.17) is 14.2 Å². The van der Waals surface area contributed by atoms with Crippen molar-refractivity contribution >= 4 is 16.0 Å². The summed E-state index contributed by atoms with van der Waals surface area (Å²) in [5, 5.41) is 6.94. The molecule has 200 valence electrons. The Hall–Kier alpha value is -3.23. The van der Waals surface area contributed by atoms with Crippen LogP contribution in [0.1, 0.15) is 44.3 Å². The molecule has 1 aromatic carbocycles. The van der Waals surface area contributed by atoms with Crippen molar-refractivity contribution in [1.29, 1.82) is 0 Å². The van der Waals surface area contributed by atoms with E-state index in [0.29, 0.717) is 0 Å². The average molecular weight is 539 g/mol. The Morgan fingerprint density at radius 2 is 1.84 bits per heavy atom. The SMILES string of the molecule is COC[C@@H]1COc2cc(F)c(F)cc2-c2nnc(NS(=O)(=O)[C@@H](C)[C@@H](OC(C)C)c3ncc(C)cn3)n21. The van der Waals surface area contributed by atoms with Crippen LogP contribution in [0.5, 0.6) is 5.75 Å². The van der Waals surface area contributed by atoms with Crippen LogP contribution in [0.3, 0.4) is 0 Å². The molecule has 11 nitrogen and oxygen atoms in total. The van der Waals surface area contributed by atoms with E-state index in [-0.39, 0.29) is 48.2 Å². The predicted molar refractivity (Wildman–Crippen MR) is 130 cm³/mol. The molecular weight excluding hydrogens is 510 g/mol. The number of benzene rings is 1. The maximum Gasteiger partial charge on any atom is 0.240 e. The third-order valence-corrected chi connectivity index (χ3v) is 7.43. The first kappa shape index (κ1) is 26.8. The summed E-state index contributed by atoms with van der Waals surface area (Å²) < 4.78 is 75.8. The molecule has 0 aliphatic carbocycles. The lowest BCUT2D eigenvalue weighted by atomic mass is 10.1.